The van der Waals surface area contributed by atoms with Crippen molar-refractivity contribution in [2.24, 2.45) is 4.99 Å². The van der Waals surface area contributed by atoms with Crippen LogP contribution in [0.25, 0.3) is 0 Å². The minimum atomic E-state index is -0.319. The molecule has 0 amide bonds. The maximum atomic E-state index is 11.5. The average molecular weight is 387 g/mol. The molecule has 1 saturated heterocycles. The van der Waals surface area contributed by atoms with Crippen molar-refractivity contribution in [1.82, 2.24) is 10.6 Å². The van der Waals surface area contributed by atoms with E-state index in [1.807, 2.05) is 12.1 Å². The van der Waals surface area contributed by atoms with Crippen LogP contribution in [-0.2, 0) is 11.3 Å². The van der Waals surface area contributed by atoms with E-state index in [2.05, 4.69) is 38.0 Å². The number of benzene rings is 1. The molecule has 0 aliphatic carbocycles. The van der Waals surface area contributed by atoms with Gasteiger partial charge >= 0.3 is 5.97 Å². The smallest absolute Gasteiger partial charge is 0.337 e. The monoisotopic (exact) mass is 386 g/mol. The van der Waals surface area contributed by atoms with Gasteiger partial charge in [-0.05, 0) is 48.1 Å². The molecule has 6 nitrogen and oxygen atoms in total. The number of hydrogen-bond donors (Lipinski definition) is 2. The van der Waals surface area contributed by atoms with E-state index in [0.29, 0.717) is 18.2 Å². The van der Waals surface area contributed by atoms with Crippen LogP contribution < -0.4 is 15.5 Å². The summed E-state index contributed by atoms with van der Waals surface area (Å²) in [7, 11) is 3.18. The summed E-state index contributed by atoms with van der Waals surface area (Å²) in [5, 5.41) is 10.3. The van der Waals surface area contributed by atoms with E-state index in [4.69, 9.17) is 4.74 Å². The highest BCUT2D eigenvalue weighted by Crippen LogP contribution is 2.24. The van der Waals surface area contributed by atoms with Gasteiger partial charge in [-0.25, -0.2) is 4.79 Å². The zero-order chi connectivity index (χ0) is 19.1. The molecule has 144 valence electrons. The molecule has 2 heterocycles. The van der Waals surface area contributed by atoms with Crippen LogP contribution in [0.1, 0.15) is 28.8 Å². The first kappa shape index (κ1) is 19.2. The molecule has 27 heavy (non-hydrogen) atoms. The van der Waals surface area contributed by atoms with Gasteiger partial charge in [0, 0.05) is 32.7 Å². The van der Waals surface area contributed by atoms with Gasteiger partial charge in [-0.2, -0.15) is 0 Å². The quantitative estimate of drug-likeness (QED) is 0.470. The molecule has 0 bridgehead atoms. The molecule has 7 heteroatoms. The maximum Gasteiger partial charge on any atom is 0.337 e. The fraction of sp³-hybridized carbons (Fsp3) is 0.400. The molecule has 3 rings (SSSR count). The summed E-state index contributed by atoms with van der Waals surface area (Å²) >= 11 is 1.80. The number of carbonyl (C=O) groups is 1. The van der Waals surface area contributed by atoms with E-state index in [1.165, 1.54) is 12.1 Å². The number of aliphatic imine (C=N–C) groups is 1. The van der Waals surface area contributed by atoms with Crippen LogP contribution in [0.3, 0.4) is 0 Å². The van der Waals surface area contributed by atoms with Crippen molar-refractivity contribution >= 4 is 28.3 Å². The third-order valence-corrected chi connectivity index (χ3v) is 5.64. The van der Waals surface area contributed by atoms with Crippen molar-refractivity contribution in [2.75, 3.05) is 32.1 Å². The first-order valence-electron chi connectivity index (χ1n) is 9.12. The van der Waals surface area contributed by atoms with Gasteiger partial charge in [0.1, 0.15) is 0 Å². The molecule has 2 aromatic rings. The van der Waals surface area contributed by atoms with E-state index in [-0.39, 0.29) is 5.97 Å². The van der Waals surface area contributed by atoms with Gasteiger partial charge in [0.05, 0.1) is 17.7 Å². The van der Waals surface area contributed by atoms with Gasteiger partial charge in [-0.3, -0.25) is 4.99 Å². The van der Waals surface area contributed by atoms with Gasteiger partial charge < -0.3 is 20.3 Å². The highest BCUT2D eigenvalue weighted by atomic mass is 32.1. The lowest BCUT2D eigenvalue weighted by Gasteiger charge is -2.33. The number of nitrogens with one attached hydrogen (secondary N) is 2. The van der Waals surface area contributed by atoms with E-state index in [0.717, 1.165) is 37.5 Å². The summed E-state index contributed by atoms with van der Waals surface area (Å²) in [6.45, 7) is 2.77. The Balaban J connectivity index is 1.45. The minimum Gasteiger partial charge on any atom is -0.465 e. The van der Waals surface area contributed by atoms with Crippen LogP contribution in [0.2, 0.25) is 0 Å². The SMILES string of the molecule is CN=C(NCc1ccc(C(=O)OC)cc1)NC1CCN(c2cccs2)CC1. The predicted molar refractivity (Wildman–Crippen MR) is 111 cm³/mol. The van der Waals surface area contributed by atoms with Gasteiger partial charge in [0.2, 0.25) is 0 Å². The Morgan fingerprint density at radius 2 is 2.00 bits per heavy atom. The standard InChI is InChI=1S/C20H26N4O2S/c1-21-20(22-14-15-5-7-16(8-6-15)19(25)26-2)23-17-9-11-24(12-10-17)18-4-3-13-27-18/h3-8,13,17H,9-12,14H2,1-2H3,(H2,21,22,23). The van der Waals surface area contributed by atoms with Crippen LogP contribution in [-0.4, -0.2) is 45.2 Å². The highest BCUT2D eigenvalue weighted by molar-refractivity contribution is 7.14. The van der Waals surface area contributed by atoms with Crippen molar-refractivity contribution in [1.29, 1.82) is 0 Å². The predicted octanol–water partition coefficient (Wildman–Crippen LogP) is 2.87. The third kappa shape index (κ3) is 5.23. The summed E-state index contributed by atoms with van der Waals surface area (Å²) in [5.74, 6) is 0.488. The van der Waals surface area contributed by atoms with Gasteiger partial charge in [0.25, 0.3) is 0 Å². The van der Waals surface area contributed by atoms with Gasteiger partial charge in [-0.1, -0.05) is 12.1 Å². The second-order valence-corrected chi connectivity index (χ2v) is 7.40. The molecule has 1 aliphatic rings. The number of hydrogen-bond acceptors (Lipinski definition) is 5. The van der Waals surface area contributed by atoms with E-state index in [9.17, 15) is 4.79 Å². The van der Waals surface area contributed by atoms with Gasteiger partial charge in [-0.15, -0.1) is 11.3 Å². The molecule has 0 atom stereocenters. The lowest BCUT2D eigenvalue weighted by Crippen LogP contribution is -2.48. The molecular formula is C20H26N4O2S. The zero-order valence-corrected chi connectivity index (χ0v) is 16.6. The van der Waals surface area contributed by atoms with Crippen LogP contribution in [0.5, 0.6) is 0 Å². The second kappa shape index (κ2) is 9.41. The average Bonchev–Trinajstić information content (AvgIpc) is 3.26. The molecule has 0 saturated carbocycles. The fourth-order valence-electron chi connectivity index (χ4n) is 3.14. The van der Waals surface area contributed by atoms with Crippen molar-refractivity contribution < 1.29 is 9.53 Å². The Morgan fingerprint density at radius 1 is 1.26 bits per heavy atom. The zero-order valence-electron chi connectivity index (χ0n) is 15.8. The van der Waals surface area contributed by atoms with Crippen molar-refractivity contribution in [3.63, 3.8) is 0 Å². The Bertz CT molecular complexity index is 751. The van der Waals surface area contributed by atoms with Crippen LogP contribution in [0, 0.1) is 0 Å². The Labute approximate surface area is 164 Å². The number of guanidine groups is 1. The largest absolute Gasteiger partial charge is 0.465 e. The molecule has 1 aromatic heterocycles. The number of rotatable bonds is 5. The molecule has 1 aromatic carbocycles. The molecule has 1 fully saturated rings. The number of methoxy groups -OCH3 is 1. The maximum absolute atomic E-state index is 11.5. The Kier molecular flexibility index (Phi) is 6.70. The summed E-state index contributed by atoms with van der Waals surface area (Å²) in [6.07, 6.45) is 2.18. The normalized spacial score (nSPS) is 15.5. The highest BCUT2D eigenvalue weighted by Gasteiger charge is 2.20. The summed E-state index contributed by atoms with van der Waals surface area (Å²) < 4.78 is 4.72. The first-order chi connectivity index (χ1) is 13.2. The number of thiophene rings is 1. The molecule has 0 spiro atoms. The number of esters is 1. The van der Waals surface area contributed by atoms with E-state index < -0.39 is 0 Å². The summed E-state index contributed by atoms with van der Waals surface area (Å²) in [5.41, 5.74) is 1.64. The van der Waals surface area contributed by atoms with E-state index >= 15 is 0 Å². The number of anilines is 1. The molecule has 0 radical (unpaired) electrons. The summed E-state index contributed by atoms with van der Waals surface area (Å²) in [6, 6.07) is 12.1. The first-order valence-corrected chi connectivity index (χ1v) is 10.0. The van der Waals surface area contributed by atoms with Crippen LogP contribution in [0.4, 0.5) is 5.00 Å². The van der Waals surface area contributed by atoms with Crippen LogP contribution in [0.15, 0.2) is 46.8 Å². The number of ether oxygens (including phenoxy) is 1. The third-order valence-electron chi connectivity index (χ3n) is 4.71. The molecule has 0 unspecified atom stereocenters. The minimum absolute atomic E-state index is 0.319. The van der Waals surface area contributed by atoms with Crippen molar-refractivity contribution in [3.05, 3.63) is 52.9 Å². The number of carbonyl (C=O) groups excluding carboxylic acids is 1. The van der Waals surface area contributed by atoms with E-state index in [1.54, 1.807) is 30.5 Å². The second-order valence-electron chi connectivity index (χ2n) is 6.47. The Hall–Kier alpha value is -2.54. The van der Waals surface area contributed by atoms with Gasteiger partial charge in [0.15, 0.2) is 5.96 Å². The number of piperidine rings is 1. The molecule has 1 aliphatic heterocycles. The fourth-order valence-corrected chi connectivity index (χ4v) is 3.93. The molecular weight excluding hydrogens is 360 g/mol. The lowest BCUT2D eigenvalue weighted by atomic mass is 10.1. The van der Waals surface area contributed by atoms with Crippen molar-refractivity contribution in [2.45, 2.75) is 25.4 Å². The number of nitrogens with zero attached hydrogens (tertiary/aromatic N) is 2. The lowest BCUT2D eigenvalue weighted by molar-refractivity contribution is 0.0600. The topological polar surface area (TPSA) is 66.0 Å². The van der Waals surface area contributed by atoms with Crippen molar-refractivity contribution in [3.8, 4) is 0 Å². The Morgan fingerprint density at radius 3 is 2.59 bits per heavy atom. The van der Waals surface area contributed by atoms with Crippen LogP contribution >= 0.6 is 11.3 Å². The molecule has 2 N–H and O–H groups in total. The summed E-state index contributed by atoms with van der Waals surface area (Å²) in [4.78, 5) is 18.3.